The summed E-state index contributed by atoms with van der Waals surface area (Å²) in [6.07, 6.45) is 5.20. The molecule has 2 rings (SSSR count). The Balaban J connectivity index is 0.00000242. The molecule has 0 atom stereocenters. The topological polar surface area (TPSA) is 58.3 Å². The number of hydrogen-bond acceptors (Lipinski definition) is 3. The second-order valence-electron chi connectivity index (χ2n) is 5.51. The van der Waals surface area contributed by atoms with Gasteiger partial charge >= 0.3 is 0 Å². The van der Waals surface area contributed by atoms with Crippen molar-refractivity contribution in [3.8, 4) is 0 Å². The van der Waals surface area contributed by atoms with Crippen LogP contribution in [0.25, 0.3) is 0 Å². The summed E-state index contributed by atoms with van der Waals surface area (Å²) in [4.78, 5) is 6.99. The lowest BCUT2D eigenvalue weighted by Crippen LogP contribution is -2.41. The molecule has 0 saturated carbocycles. The van der Waals surface area contributed by atoms with Crippen molar-refractivity contribution in [3.05, 3.63) is 24.3 Å². The standard InChI is InChI=1S/C15H26N6.HI/c1-4-14-19-18-12-21(14)10-7-16-15(17-11-13(2)3)20-8-5-6-9-20;/h12H,2,4-11H2,1,3H3,(H,16,17);1H. The summed E-state index contributed by atoms with van der Waals surface area (Å²) in [6.45, 7) is 12.6. The average molecular weight is 418 g/mol. The van der Waals surface area contributed by atoms with Gasteiger partial charge in [0.2, 0.25) is 0 Å². The van der Waals surface area contributed by atoms with Gasteiger partial charge in [-0.1, -0.05) is 19.1 Å². The Labute approximate surface area is 150 Å². The summed E-state index contributed by atoms with van der Waals surface area (Å²) in [5.74, 6) is 2.03. The number of nitrogens with zero attached hydrogens (tertiary/aromatic N) is 5. The Bertz CT molecular complexity index is 490. The smallest absolute Gasteiger partial charge is 0.194 e. The Morgan fingerprint density at radius 1 is 1.41 bits per heavy atom. The number of aryl methyl sites for hydroxylation is 1. The molecule has 6 nitrogen and oxygen atoms in total. The van der Waals surface area contributed by atoms with E-state index in [2.05, 4.69) is 43.5 Å². The summed E-state index contributed by atoms with van der Waals surface area (Å²) in [6, 6.07) is 0. The molecule has 1 aliphatic heterocycles. The Hall–Kier alpha value is -1.12. The van der Waals surface area contributed by atoms with Gasteiger partial charge in [0.25, 0.3) is 0 Å². The van der Waals surface area contributed by atoms with Crippen LogP contribution in [0.3, 0.4) is 0 Å². The van der Waals surface area contributed by atoms with Crippen LogP contribution in [0, 0.1) is 0 Å². The van der Waals surface area contributed by atoms with Crippen LogP contribution in [0.5, 0.6) is 0 Å². The molecule has 1 fully saturated rings. The Morgan fingerprint density at radius 3 is 2.77 bits per heavy atom. The van der Waals surface area contributed by atoms with Crippen molar-refractivity contribution in [2.75, 3.05) is 26.2 Å². The average Bonchev–Trinajstić information content (AvgIpc) is 3.13. The molecule has 1 N–H and O–H groups in total. The van der Waals surface area contributed by atoms with Gasteiger partial charge in [-0.3, -0.25) is 0 Å². The van der Waals surface area contributed by atoms with E-state index in [1.165, 1.54) is 12.8 Å². The first-order chi connectivity index (χ1) is 10.2. The third-order valence-corrected chi connectivity index (χ3v) is 3.55. The number of nitrogens with one attached hydrogen (secondary N) is 1. The van der Waals surface area contributed by atoms with Crippen molar-refractivity contribution in [1.82, 2.24) is 25.0 Å². The SMILES string of the molecule is C=C(C)CN=C(NCCn1cnnc1CC)N1CCCC1.I. The maximum Gasteiger partial charge on any atom is 0.194 e. The zero-order chi connectivity index (χ0) is 15.1. The zero-order valence-electron chi connectivity index (χ0n) is 13.6. The fourth-order valence-electron chi connectivity index (χ4n) is 2.43. The molecule has 2 heterocycles. The minimum absolute atomic E-state index is 0. The second-order valence-corrected chi connectivity index (χ2v) is 5.51. The van der Waals surface area contributed by atoms with Gasteiger partial charge in [0, 0.05) is 32.6 Å². The predicted octanol–water partition coefficient (Wildman–Crippen LogP) is 2.08. The molecule has 0 amide bonds. The molecule has 7 heteroatoms. The molecule has 0 bridgehead atoms. The highest BCUT2D eigenvalue weighted by Gasteiger charge is 2.15. The van der Waals surface area contributed by atoms with Gasteiger partial charge in [0.15, 0.2) is 5.96 Å². The highest BCUT2D eigenvalue weighted by Crippen LogP contribution is 2.07. The molecule has 1 aromatic heterocycles. The highest BCUT2D eigenvalue weighted by molar-refractivity contribution is 14.0. The normalized spacial score (nSPS) is 14.8. The lowest BCUT2D eigenvalue weighted by atomic mass is 10.4. The van der Waals surface area contributed by atoms with Crippen LogP contribution in [0.2, 0.25) is 0 Å². The van der Waals surface area contributed by atoms with Crippen LogP contribution < -0.4 is 5.32 Å². The Morgan fingerprint density at radius 2 is 2.14 bits per heavy atom. The van der Waals surface area contributed by atoms with Crippen LogP contribution in [-0.2, 0) is 13.0 Å². The first-order valence-electron chi connectivity index (χ1n) is 7.75. The van der Waals surface area contributed by atoms with Crippen molar-refractivity contribution in [3.63, 3.8) is 0 Å². The van der Waals surface area contributed by atoms with E-state index in [1.54, 1.807) is 6.33 Å². The van der Waals surface area contributed by atoms with Gasteiger partial charge in [-0.15, -0.1) is 34.2 Å². The van der Waals surface area contributed by atoms with Gasteiger partial charge in [0.1, 0.15) is 12.2 Å². The van der Waals surface area contributed by atoms with Crippen LogP contribution in [-0.4, -0.2) is 51.8 Å². The first-order valence-corrected chi connectivity index (χ1v) is 7.75. The molecular weight excluding hydrogens is 391 g/mol. The van der Waals surface area contributed by atoms with Crippen molar-refractivity contribution < 1.29 is 0 Å². The van der Waals surface area contributed by atoms with Gasteiger partial charge in [-0.05, 0) is 19.8 Å². The maximum absolute atomic E-state index is 4.66. The van der Waals surface area contributed by atoms with E-state index < -0.39 is 0 Å². The molecule has 1 saturated heterocycles. The largest absolute Gasteiger partial charge is 0.354 e. The molecule has 1 aromatic rings. The molecule has 0 radical (unpaired) electrons. The highest BCUT2D eigenvalue weighted by atomic mass is 127. The summed E-state index contributed by atoms with van der Waals surface area (Å²) >= 11 is 0. The fraction of sp³-hybridized carbons (Fsp3) is 0.667. The molecule has 1 aliphatic rings. The molecule has 0 unspecified atom stereocenters. The van der Waals surface area contributed by atoms with Crippen LogP contribution in [0.4, 0.5) is 0 Å². The van der Waals surface area contributed by atoms with E-state index in [9.17, 15) is 0 Å². The Kier molecular flexibility index (Phi) is 8.44. The molecule has 0 aromatic carbocycles. The van der Waals surface area contributed by atoms with Crippen molar-refractivity contribution in [1.29, 1.82) is 0 Å². The van der Waals surface area contributed by atoms with E-state index >= 15 is 0 Å². The minimum Gasteiger partial charge on any atom is -0.354 e. The van der Waals surface area contributed by atoms with Crippen LogP contribution in [0.1, 0.15) is 32.5 Å². The van der Waals surface area contributed by atoms with E-state index in [0.717, 1.165) is 50.0 Å². The van der Waals surface area contributed by atoms with Gasteiger partial charge in [-0.25, -0.2) is 4.99 Å². The third kappa shape index (κ3) is 5.58. The summed E-state index contributed by atoms with van der Waals surface area (Å²) in [7, 11) is 0. The monoisotopic (exact) mass is 418 g/mol. The van der Waals surface area contributed by atoms with Crippen molar-refractivity contribution in [2.45, 2.75) is 39.7 Å². The number of aromatic nitrogens is 3. The number of rotatable bonds is 6. The zero-order valence-corrected chi connectivity index (χ0v) is 15.9. The number of halogens is 1. The second kappa shape index (κ2) is 9.81. The number of guanidine groups is 1. The minimum atomic E-state index is 0. The van der Waals surface area contributed by atoms with Crippen LogP contribution >= 0.6 is 24.0 Å². The van der Waals surface area contributed by atoms with Crippen molar-refractivity contribution in [2.24, 2.45) is 4.99 Å². The molecule has 0 spiro atoms. The van der Waals surface area contributed by atoms with E-state index in [1.807, 2.05) is 6.92 Å². The van der Waals surface area contributed by atoms with Gasteiger partial charge in [-0.2, -0.15) is 0 Å². The van der Waals surface area contributed by atoms with Gasteiger partial charge < -0.3 is 14.8 Å². The summed E-state index contributed by atoms with van der Waals surface area (Å²) in [5, 5.41) is 11.5. The third-order valence-electron chi connectivity index (χ3n) is 3.55. The predicted molar refractivity (Wildman–Crippen MR) is 101 cm³/mol. The number of likely N-dealkylation sites (tertiary alicyclic amines) is 1. The van der Waals surface area contributed by atoms with Crippen molar-refractivity contribution >= 4 is 29.9 Å². The van der Waals surface area contributed by atoms with E-state index in [4.69, 9.17) is 0 Å². The molecule has 22 heavy (non-hydrogen) atoms. The summed E-state index contributed by atoms with van der Waals surface area (Å²) < 4.78 is 2.09. The van der Waals surface area contributed by atoms with E-state index in [-0.39, 0.29) is 24.0 Å². The fourth-order valence-corrected chi connectivity index (χ4v) is 2.43. The number of hydrogen-bond donors (Lipinski definition) is 1. The quantitative estimate of drug-likeness (QED) is 0.333. The van der Waals surface area contributed by atoms with Gasteiger partial charge in [0.05, 0.1) is 6.54 Å². The lowest BCUT2D eigenvalue weighted by molar-refractivity contribution is 0.487. The molecule has 124 valence electrons. The first kappa shape index (κ1) is 18.9. The molecular formula is C15H27IN6. The lowest BCUT2D eigenvalue weighted by Gasteiger charge is -2.21. The molecule has 0 aliphatic carbocycles. The number of aliphatic imine (C=N–C) groups is 1. The summed E-state index contributed by atoms with van der Waals surface area (Å²) in [5.41, 5.74) is 1.08. The van der Waals surface area contributed by atoms with E-state index in [0.29, 0.717) is 6.54 Å². The van der Waals surface area contributed by atoms with Crippen LogP contribution in [0.15, 0.2) is 23.5 Å². The maximum atomic E-state index is 4.66.